The summed E-state index contributed by atoms with van der Waals surface area (Å²) in [4.78, 5) is 2.26. The Morgan fingerprint density at radius 2 is 2.00 bits per heavy atom. The number of likely N-dealkylation sites (N-methyl/N-ethyl adjacent to an activating group) is 1. The van der Waals surface area contributed by atoms with Crippen molar-refractivity contribution >= 4 is 0 Å². The van der Waals surface area contributed by atoms with Crippen LogP contribution < -0.4 is 0 Å². The molecule has 2 heteroatoms. The lowest BCUT2D eigenvalue weighted by molar-refractivity contribution is 0.600. The van der Waals surface area contributed by atoms with Gasteiger partial charge >= 0.3 is 0 Å². The average molecular weight is 172 g/mol. The second kappa shape index (κ2) is 2.86. The Morgan fingerprint density at radius 3 is 2.54 bits per heavy atom. The van der Waals surface area contributed by atoms with Gasteiger partial charge < -0.3 is 0 Å². The maximum Gasteiger partial charge on any atom is 0.0995 e. The molecule has 0 aromatic heterocycles. The van der Waals surface area contributed by atoms with Crippen molar-refractivity contribution < 1.29 is 0 Å². The van der Waals surface area contributed by atoms with Crippen LogP contribution in [0.25, 0.3) is 0 Å². The van der Waals surface area contributed by atoms with Crippen LogP contribution in [0.2, 0.25) is 0 Å². The first kappa shape index (κ1) is 8.28. The Hall–Kier alpha value is -1.33. The van der Waals surface area contributed by atoms with Crippen molar-refractivity contribution in [2.75, 3.05) is 7.05 Å². The van der Waals surface area contributed by atoms with Gasteiger partial charge in [0.25, 0.3) is 0 Å². The third kappa shape index (κ3) is 1.22. The minimum Gasteiger partial charge on any atom is -0.293 e. The first-order chi connectivity index (χ1) is 6.25. The van der Waals surface area contributed by atoms with Crippen molar-refractivity contribution in [2.45, 2.75) is 19.0 Å². The van der Waals surface area contributed by atoms with Crippen molar-refractivity contribution in [1.82, 2.24) is 4.90 Å². The van der Waals surface area contributed by atoms with Crippen LogP contribution in [0.1, 0.15) is 24.1 Å². The van der Waals surface area contributed by atoms with E-state index in [0.717, 1.165) is 5.56 Å². The smallest absolute Gasteiger partial charge is 0.0995 e. The third-order valence-corrected chi connectivity index (χ3v) is 2.85. The Balaban J connectivity index is 2.37. The molecule has 1 aliphatic rings. The zero-order valence-electron chi connectivity index (χ0n) is 7.86. The summed E-state index contributed by atoms with van der Waals surface area (Å²) in [5.41, 5.74) is 1.98. The van der Waals surface area contributed by atoms with E-state index in [2.05, 4.69) is 24.9 Å². The lowest BCUT2D eigenvalue weighted by Crippen LogP contribution is -1.91. The molecule has 1 aliphatic heterocycles. The molecule has 0 radical (unpaired) electrons. The molecular weight excluding hydrogens is 160 g/mol. The van der Waals surface area contributed by atoms with Crippen molar-refractivity contribution in [3.63, 3.8) is 0 Å². The van der Waals surface area contributed by atoms with Crippen LogP contribution in [0.4, 0.5) is 0 Å². The molecule has 1 heterocycles. The van der Waals surface area contributed by atoms with E-state index in [4.69, 9.17) is 5.26 Å². The monoisotopic (exact) mass is 172 g/mol. The van der Waals surface area contributed by atoms with E-state index in [0.29, 0.717) is 12.1 Å². The van der Waals surface area contributed by atoms with Gasteiger partial charge in [0.15, 0.2) is 0 Å². The van der Waals surface area contributed by atoms with E-state index < -0.39 is 0 Å². The van der Waals surface area contributed by atoms with E-state index >= 15 is 0 Å². The molecule has 1 fully saturated rings. The molecule has 0 spiro atoms. The molecule has 13 heavy (non-hydrogen) atoms. The van der Waals surface area contributed by atoms with E-state index in [1.165, 1.54) is 5.56 Å². The normalized spacial score (nSPS) is 31.0. The number of benzene rings is 1. The Morgan fingerprint density at radius 1 is 1.38 bits per heavy atom. The van der Waals surface area contributed by atoms with Gasteiger partial charge in [-0.25, -0.2) is 0 Å². The van der Waals surface area contributed by atoms with Crippen LogP contribution in [-0.2, 0) is 0 Å². The summed E-state index contributed by atoms with van der Waals surface area (Å²) in [6.07, 6.45) is 0. The molecule has 0 amide bonds. The van der Waals surface area contributed by atoms with Gasteiger partial charge in [0.2, 0.25) is 0 Å². The van der Waals surface area contributed by atoms with E-state index in [-0.39, 0.29) is 0 Å². The van der Waals surface area contributed by atoms with Crippen molar-refractivity contribution in [2.24, 2.45) is 0 Å². The highest BCUT2D eigenvalue weighted by molar-refractivity contribution is 5.42. The summed E-state index contributed by atoms with van der Waals surface area (Å²) >= 11 is 0. The summed E-state index contributed by atoms with van der Waals surface area (Å²) < 4.78 is 0. The van der Waals surface area contributed by atoms with Gasteiger partial charge in [0.1, 0.15) is 0 Å². The highest BCUT2D eigenvalue weighted by atomic mass is 15.3. The largest absolute Gasteiger partial charge is 0.293 e. The summed E-state index contributed by atoms with van der Waals surface area (Å²) in [5.74, 6) is 0. The summed E-state index contributed by atoms with van der Waals surface area (Å²) in [6, 6.07) is 11.1. The molecule has 1 aromatic rings. The maximum atomic E-state index is 8.90. The minimum atomic E-state index is 0.454. The number of hydrogen-bond donors (Lipinski definition) is 0. The third-order valence-electron chi connectivity index (χ3n) is 2.85. The summed E-state index contributed by atoms with van der Waals surface area (Å²) in [6.45, 7) is 2.18. The van der Waals surface area contributed by atoms with Crippen LogP contribution in [0, 0.1) is 11.3 Å². The molecule has 2 nitrogen and oxygen atoms in total. The first-order valence-electron chi connectivity index (χ1n) is 4.46. The number of hydrogen-bond acceptors (Lipinski definition) is 2. The van der Waals surface area contributed by atoms with Gasteiger partial charge in [-0.1, -0.05) is 18.2 Å². The van der Waals surface area contributed by atoms with E-state index in [9.17, 15) is 0 Å². The van der Waals surface area contributed by atoms with Gasteiger partial charge in [-0.3, -0.25) is 4.90 Å². The van der Waals surface area contributed by atoms with Crippen LogP contribution in [0.3, 0.4) is 0 Å². The van der Waals surface area contributed by atoms with Crippen LogP contribution in [0.5, 0.6) is 0 Å². The predicted octanol–water partition coefficient (Wildman–Crippen LogP) is 1.93. The van der Waals surface area contributed by atoms with Gasteiger partial charge in [-0.05, 0) is 25.6 Å². The number of nitrogens with zero attached hydrogens (tertiary/aromatic N) is 2. The first-order valence-corrected chi connectivity index (χ1v) is 4.46. The van der Waals surface area contributed by atoms with Gasteiger partial charge in [0.05, 0.1) is 17.7 Å². The molecule has 66 valence electrons. The van der Waals surface area contributed by atoms with Crippen molar-refractivity contribution in [3.8, 4) is 6.07 Å². The standard InChI is InChI=1S/C11H12N2/c1-8-11(13(8)2)10-6-4-3-5-9(10)7-12/h3-6,8,11H,1-2H3. The zero-order chi connectivity index (χ0) is 9.42. The maximum absolute atomic E-state index is 8.90. The van der Waals surface area contributed by atoms with Crippen LogP contribution in [-0.4, -0.2) is 18.0 Å². The molecule has 0 aliphatic carbocycles. The molecule has 2 rings (SSSR count). The fraction of sp³-hybridized carbons (Fsp3) is 0.364. The average Bonchev–Trinajstić information content (AvgIpc) is 2.75. The molecule has 0 N–H and O–H groups in total. The SMILES string of the molecule is CC1C(c2ccccc2C#N)N1C. The van der Waals surface area contributed by atoms with Crippen LogP contribution in [0.15, 0.2) is 24.3 Å². The molecule has 1 saturated heterocycles. The van der Waals surface area contributed by atoms with Crippen molar-refractivity contribution in [3.05, 3.63) is 35.4 Å². The topological polar surface area (TPSA) is 26.8 Å². The highest BCUT2D eigenvalue weighted by Gasteiger charge is 2.42. The highest BCUT2D eigenvalue weighted by Crippen LogP contribution is 2.41. The number of nitriles is 1. The van der Waals surface area contributed by atoms with Crippen LogP contribution >= 0.6 is 0 Å². The Bertz CT molecular complexity index is 357. The van der Waals surface area contributed by atoms with E-state index in [1.54, 1.807) is 0 Å². The summed E-state index contributed by atoms with van der Waals surface area (Å²) in [5, 5.41) is 8.90. The van der Waals surface area contributed by atoms with Gasteiger partial charge in [-0.15, -0.1) is 0 Å². The zero-order valence-corrected chi connectivity index (χ0v) is 7.86. The lowest BCUT2D eigenvalue weighted by Gasteiger charge is -2.00. The molecule has 3 atom stereocenters. The second-order valence-corrected chi connectivity index (χ2v) is 3.55. The molecule has 3 unspecified atom stereocenters. The van der Waals surface area contributed by atoms with Gasteiger partial charge in [-0.2, -0.15) is 5.26 Å². The summed E-state index contributed by atoms with van der Waals surface area (Å²) in [7, 11) is 2.09. The molecular formula is C11H12N2. The van der Waals surface area contributed by atoms with Crippen molar-refractivity contribution in [1.29, 1.82) is 5.26 Å². The van der Waals surface area contributed by atoms with E-state index in [1.807, 2.05) is 24.3 Å². The number of rotatable bonds is 1. The fourth-order valence-electron chi connectivity index (χ4n) is 1.83. The lowest BCUT2D eigenvalue weighted by atomic mass is 10.0. The molecule has 0 bridgehead atoms. The Kier molecular flexibility index (Phi) is 1.82. The van der Waals surface area contributed by atoms with Gasteiger partial charge in [0, 0.05) is 6.04 Å². The quantitative estimate of drug-likeness (QED) is 0.605. The second-order valence-electron chi connectivity index (χ2n) is 3.55. The molecule has 0 saturated carbocycles. The Labute approximate surface area is 78.4 Å². The minimum absolute atomic E-state index is 0.454. The fourth-order valence-corrected chi connectivity index (χ4v) is 1.83. The molecule has 1 aromatic carbocycles. The predicted molar refractivity (Wildman–Crippen MR) is 51.1 cm³/mol.